The van der Waals surface area contributed by atoms with E-state index in [1.807, 2.05) is 0 Å². The molecule has 1 unspecified atom stereocenters. The van der Waals surface area contributed by atoms with Crippen LogP contribution in [0.15, 0.2) is 55.3 Å². The Bertz CT molecular complexity index is 955. The van der Waals surface area contributed by atoms with E-state index in [-0.39, 0.29) is 24.3 Å². The topological polar surface area (TPSA) is 85.8 Å². The minimum absolute atomic E-state index is 0.0780. The molecule has 1 amide bonds. The normalized spacial score (nSPS) is 17.9. The number of pyridine rings is 1. The number of esters is 2. The number of anilines is 1. The van der Waals surface area contributed by atoms with Crippen molar-refractivity contribution in [2.45, 2.75) is 18.9 Å². The van der Waals surface area contributed by atoms with E-state index in [1.54, 1.807) is 37.3 Å². The van der Waals surface area contributed by atoms with Gasteiger partial charge in [0.25, 0.3) is 5.91 Å². The van der Waals surface area contributed by atoms with Crippen molar-refractivity contribution < 1.29 is 23.9 Å². The Morgan fingerprint density at radius 3 is 2.79 bits per heavy atom. The van der Waals surface area contributed by atoms with Crippen molar-refractivity contribution >= 4 is 23.7 Å². The van der Waals surface area contributed by atoms with Crippen LogP contribution in [0.1, 0.15) is 33.2 Å². The molecule has 144 valence electrons. The highest BCUT2D eigenvalue weighted by Gasteiger charge is 2.45. The van der Waals surface area contributed by atoms with Gasteiger partial charge in [0, 0.05) is 19.2 Å². The molecule has 1 aliphatic heterocycles. The van der Waals surface area contributed by atoms with Gasteiger partial charge in [-0.15, -0.1) is 6.58 Å². The van der Waals surface area contributed by atoms with E-state index in [2.05, 4.69) is 11.6 Å². The van der Waals surface area contributed by atoms with Gasteiger partial charge in [-0.3, -0.25) is 9.69 Å². The number of methoxy groups -OCH3 is 1. The van der Waals surface area contributed by atoms with Gasteiger partial charge in [0.1, 0.15) is 11.4 Å². The van der Waals surface area contributed by atoms with E-state index in [9.17, 15) is 14.4 Å². The number of rotatable bonds is 5. The van der Waals surface area contributed by atoms with Gasteiger partial charge in [0.05, 0.1) is 12.7 Å². The smallest absolute Gasteiger partial charge is 0.341 e. The SMILES string of the molecule is C=CCN(C(=O)C1(C)Cc2ccccc2C(=O)O1)c1ncccc1C(=O)OC. The molecule has 1 aromatic carbocycles. The van der Waals surface area contributed by atoms with Gasteiger partial charge in [-0.25, -0.2) is 14.6 Å². The highest BCUT2D eigenvalue weighted by atomic mass is 16.6. The van der Waals surface area contributed by atoms with E-state index in [0.717, 1.165) is 5.56 Å². The Labute approximate surface area is 162 Å². The molecule has 0 N–H and O–H groups in total. The maximum absolute atomic E-state index is 13.4. The van der Waals surface area contributed by atoms with Crippen molar-refractivity contribution in [3.05, 3.63) is 71.9 Å². The monoisotopic (exact) mass is 380 g/mol. The minimum Gasteiger partial charge on any atom is -0.465 e. The summed E-state index contributed by atoms with van der Waals surface area (Å²) in [5, 5.41) is 0. The molecule has 7 heteroatoms. The van der Waals surface area contributed by atoms with E-state index < -0.39 is 23.4 Å². The van der Waals surface area contributed by atoms with Gasteiger partial charge in [0.15, 0.2) is 5.60 Å². The molecule has 0 fully saturated rings. The summed E-state index contributed by atoms with van der Waals surface area (Å²) in [4.78, 5) is 43.5. The molecule has 0 saturated heterocycles. The average molecular weight is 380 g/mol. The molecular formula is C21H20N2O5. The largest absolute Gasteiger partial charge is 0.465 e. The summed E-state index contributed by atoms with van der Waals surface area (Å²) in [5.41, 5.74) is -0.149. The van der Waals surface area contributed by atoms with E-state index in [4.69, 9.17) is 9.47 Å². The van der Waals surface area contributed by atoms with Crippen LogP contribution in [-0.2, 0) is 20.7 Å². The van der Waals surface area contributed by atoms with Gasteiger partial charge in [-0.2, -0.15) is 0 Å². The number of nitrogens with zero attached hydrogens (tertiary/aromatic N) is 2. The molecule has 7 nitrogen and oxygen atoms in total. The van der Waals surface area contributed by atoms with Crippen molar-refractivity contribution in [1.29, 1.82) is 0 Å². The van der Waals surface area contributed by atoms with Crippen LogP contribution in [0.5, 0.6) is 0 Å². The number of fused-ring (bicyclic) bond motifs is 1. The fraction of sp³-hybridized carbons (Fsp3) is 0.238. The lowest BCUT2D eigenvalue weighted by atomic mass is 9.88. The number of hydrogen-bond acceptors (Lipinski definition) is 6. The fourth-order valence-electron chi connectivity index (χ4n) is 3.21. The number of hydrogen-bond donors (Lipinski definition) is 0. The third-order valence-corrected chi connectivity index (χ3v) is 4.54. The molecule has 1 aromatic heterocycles. The van der Waals surface area contributed by atoms with Crippen molar-refractivity contribution in [2.24, 2.45) is 0 Å². The zero-order valence-corrected chi connectivity index (χ0v) is 15.7. The zero-order chi connectivity index (χ0) is 20.3. The minimum atomic E-state index is -1.45. The number of carbonyl (C=O) groups is 3. The van der Waals surface area contributed by atoms with Gasteiger partial charge in [0.2, 0.25) is 0 Å². The quantitative estimate of drug-likeness (QED) is 0.585. The summed E-state index contributed by atoms with van der Waals surface area (Å²) in [6, 6.07) is 10.1. The second-order valence-electron chi connectivity index (χ2n) is 6.52. The predicted molar refractivity (Wildman–Crippen MR) is 102 cm³/mol. The summed E-state index contributed by atoms with van der Waals surface area (Å²) in [5.74, 6) is -1.57. The Kier molecular flexibility index (Phi) is 5.26. The number of carbonyl (C=O) groups excluding carboxylic acids is 3. The number of cyclic esters (lactones) is 1. The molecule has 1 atom stereocenters. The molecule has 0 aliphatic carbocycles. The second-order valence-corrected chi connectivity index (χ2v) is 6.52. The van der Waals surface area contributed by atoms with Crippen molar-refractivity contribution in [1.82, 2.24) is 4.98 Å². The lowest BCUT2D eigenvalue weighted by Crippen LogP contribution is -2.54. The van der Waals surface area contributed by atoms with Crippen LogP contribution in [0.2, 0.25) is 0 Å². The average Bonchev–Trinajstić information content (AvgIpc) is 2.71. The highest BCUT2D eigenvalue weighted by molar-refractivity contribution is 6.06. The van der Waals surface area contributed by atoms with Crippen molar-refractivity contribution in [2.75, 3.05) is 18.6 Å². The molecular weight excluding hydrogens is 360 g/mol. The van der Waals surface area contributed by atoms with E-state index >= 15 is 0 Å². The number of ether oxygens (including phenoxy) is 2. The van der Waals surface area contributed by atoms with Crippen LogP contribution in [0.3, 0.4) is 0 Å². The number of benzene rings is 1. The molecule has 0 bridgehead atoms. The van der Waals surface area contributed by atoms with Crippen LogP contribution < -0.4 is 4.90 Å². The summed E-state index contributed by atoms with van der Waals surface area (Å²) in [6.45, 7) is 5.31. The first-order chi connectivity index (χ1) is 13.4. The molecule has 1 aliphatic rings. The van der Waals surface area contributed by atoms with E-state index in [0.29, 0.717) is 5.56 Å². The Morgan fingerprint density at radius 2 is 2.07 bits per heavy atom. The summed E-state index contributed by atoms with van der Waals surface area (Å²) < 4.78 is 10.3. The Morgan fingerprint density at radius 1 is 1.32 bits per heavy atom. The summed E-state index contributed by atoms with van der Waals surface area (Å²) in [6.07, 6.45) is 3.19. The molecule has 2 aromatic rings. The predicted octanol–water partition coefficient (Wildman–Crippen LogP) is 2.56. The molecule has 0 radical (unpaired) electrons. The van der Waals surface area contributed by atoms with Crippen molar-refractivity contribution in [3.63, 3.8) is 0 Å². The summed E-state index contributed by atoms with van der Waals surface area (Å²) in [7, 11) is 1.25. The maximum atomic E-state index is 13.4. The zero-order valence-electron chi connectivity index (χ0n) is 15.7. The van der Waals surface area contributed by atoms with Crippen LogP contribution >= 0.6 is 0 Å². The maximum Gasteiger partial charge on any atom is 0.341 e. The van der Waals surface area contributed by atoms with Crippen LogP contribution in [-0.4, -0.2) is 42.1 Å². The third-order valence-electron chi connectivity index (χ3n) is 4.54. The molecule has 3 rings (SSSR count). The lowest BCUT2D eigenvalue weighted by molar-refractivity contribution is -0.136. The fourth-order valence-corrected chi connectivity index (χ4v) is 3.21. The standard InChI is InChI=1S/C21H20N2O5/c1-4-12-23(17-16(18(24)27-3)10-7-11-22-17)20(26)21(2)13-14-8-5-6-9-15(14)19(25)28-21/h4-11H,1,12-13H2,2-3H3. The van der Waals surface area contributed by atoms with Crippen molar-refractivity contribution in [3.8, 4) is 0 Å². The van der Waals surface area contributed by atoms with Crippen LogP contribution in [0.4, 0.5) is 5.82 Å². The molecule has 0 spiro atoms. The van der Waals surface area contributed by atoms with Gasteiger partial charge in [-0.05, 0) is 30.7 Å². The van der Waals surface area contributed by atoms with E-state index in [1.165, 1.54) is 30.3 Å². The van der Waals surface area contributed by atoms with Gasteiger partial charge in [-0.1, -0.05) is 24.3 Å². The second kappa shape index (κ2) is 7.64. The summed E-state index contributed by atoms with van der Waals surface area (Å²) >= 11 is 0. The molecule has 2 heterocycles. The third kappa shape index (κ3) is 3.38. The number of aromatic nitrogens is 1. The van der Waals surface area contributed by atoms with Gasteiger partial charge < -0.3 is 9.47 Å². The molecule has 0 saturated carbocycles. The lowest BCUT2D eigenvalue weighted by Gasteiger charge is -2.36. The van der Waals surface area contributed by atoms with Gasteiger partial charge >= 0.3 is 11.9 Å². The first-order valence-electron chi connectivity index (χ1n) is 8.68. The number of amides is 1. The Balaban J connectivity index is 2.03. The highest BCUT2D eigenvalue weighted by Crippen LogP contribution is 2.31. The van der Waals surface area contributed by atoms with Crippen LogP contribution in [0, 0.1) is 0 Å². The van der Waals surface area contributed by atoms with Crippen LogP contribution in [0.25, 0.3) is 0 Å². The first-order valence-corrected chi connectivity index (χ1v) is 8.68. The Hall–Kier alpha value is -3.48. The molecule has 28 heavy (non-hydrogen) atoms. The first kappa shape index (κ1) is 19.3.